The number of para-hydroxylation sites is 1. The molecule has 1 saturated heterocycles. The summed E-state index contributed by atoms with van der Waals surface area (Å²) < 4.78 is 0. The Hall–Kier alpha value is -2.96. The van der Waals surface area contributed by atoms with Crippen LogP contribution in [0.5, 0.6) is 0 Å². The summed E-state index contributed by atoms with van der Waals surface area (Å²) in [6.07, 6.45) is 3.61. The van der Waals surface area contributed by atoms with Crippen LogP contribution < -0.4 is 10.2 Å². The number of carbonyl (C=O) groups excluding carboxylic acids is 1. The lowest BCUT2D eigenvalue weighted by Crippen LogP contribution is -2.22. The van der Waals surface area contributed by atoms with E-state index in [1.807, 2.05) is 0 Å². The maximum absolute atomic E-state index is 12.5. The fourth-order valence-electron chi connectivity index (χ4n) is 2.69. The Morgan fingerprint density at radius 3 is 2.67 bits per heavy atom. The molecule has 0 unspecified atom stereocenters. The molecule has 0 atom stereocenters. The number of carboxylic acids is 1. The van der Waals surface area contributed by atoms with Gasteiger partial charge in [-0.15, -0.1) is 0 Å². The molecular weight excluding hydrogens is 308 g/mol. The molecule has 2 heterocycles. The van der Waals surface area contributed by atoms with Crippen molar-refractivity contribution in [1.29, 1.82) is 0 Å². The van der Waals surface area contributed by atoms with Crippen molar-refractivity contribution in [3.05, 3.63) is 47.8 Å². The summed E-state index contributed by atoms with van der Waals surface area (Å²) in [5, 5.41) is 11.7. The summed E-state index contributed by atoms with van der Waals surface area (Å²) in [4.78, 5) is 34.0. The number of benzene rings is 1. The van der Waals surface area contributed by atoms with Gasteiger partial charge in [0.05, 0.1) is 6.42 Å². The molecule has 7 nitrogen and oxygen atoms in total. The van der Waals surface area contributed by atoms with E-state index in [1.54, 1.807) is 36.5 Å². The largest absolute Gasteiger partial charge is 0.481 e. The highest BCUT2D eigenvalue weighted by Crippen LogP contribution is 2.18. The first-order valence-corrected chi connectivity index (χ1v) is 7.82. The van der Waals surface area contributed by atoms with Crippen molar-refractivity contribution in [1.82, 2.24) is 9.97 Å². The SMILES string of the molecule is O=C(O)Cc1ccccc1NC(=O)c1ccnc(N2CCCC2)n1. The summed E-state index contributed by atoms with van der Waals surface area (Å²) in [7, 11) is 0. The van der Waals surface area contributed by atoms with Gasteiger partial charge in [-0.25, -0.2) is 9.97 Å². The van der Waals surface area contributed by atoms with Gasteiger partial charge in [0.2, 0.25) is 5.95 Å². The van der Waals surface area contributed by atoms with Crippen LogP contribution in [0.1, 0.15) is 28.9 Å². The van der Waals surface area contributed by atoms with Crippen LogP contribution in [0.15, 0.2) is 36.5 Å². The number of rotatable bonds is 5. The molecule has 2 aromatic rings. The normalized spacial score (nSPS) is 13.8. The molecule has 1 fully saturated rings. The number of nitrogens with one attached hydrogen (secondary N) is 1. The number of hydrogen-bond donors (Lipinski definition) is 2. The van der Waals surface area contributed by atoms with Crippen molar-refractivity contribution in [3.8, 4) is 0 Å². The van der Waals surface area contributed by atoms with E-state index >= 15 is 0 Å². The monoisotopic (exact) mass is 326 g/mol. The second kappa shape index (κ2) is 7.08. The van der Waals surface area contributed by atoms with Gasteiger partial charge in [0.15, 0.2) is 0 Å². The van der Waals surface area contributed by atoms with Gasteiger partial charge in [-0.2, -0.15) is 0 Å². The first-order chi connectivity index (χ1) is 11.6. The molecule has 0 aliphatic carbocycles. The zero-order chi connectivity index (χ0) is 16.9. The van der Waals surface area contributed by atoms with E-state index in [0.717, 1.165) is 25.9 Å². The standard InChI is InChI=1S/C17H18N4O3/c22-15(23)11-12-5-1-2-6-13(12)19-16(24)14-7-8-18-17(20-14)21-9-3-4-10-21/h1-2,5-8H,3-4,9-11H2,(H,19,24)(H,22,23). The number of aliphatic carboxylic acids is 1. The predicted molar refractivity (Wildman–Crippen MR) is 89.2 cm³/mol. The van der Waals surface area contributed by atoms with Gasteiger partial charge in [-0.05, 0) is 30.5 Å². The lowest BCUT2D eigenvalue weighted by atomic mass is 10.1. The summed E-state index contributed by atoms with van der Waals surface area (Å²) >= 11 is 0. The molecule has 0 saturated carbocycles. The molecular formula is C17H18N4O3. The molecule has 1 amide bonds. The van der Waals surface area contributed by atoms with E-state index in [1.165, 1.54) is 0 Å². The summed E-state index contributed by atoms with van der Waals surface area (Å²) in [6.45, 7) is 1.79. The second-order valence-corrected chi connectivity index (χ2v) is 5.62. The van der Waals surface area contributed by atoms with Crippen LogP contribution >= 0.6 is 0 Å². The van der Waals surface area contributed by atoms with Crippen LogP contribution in [0.2, 0.25) is 0 Å². The molecule has 124 valence electrons. The average Bonchev–Trinajstić information content (AvgIpc) is 3.11. The highest BCUT2D eigenvalue weighted by molar-refractivity contribution is 6.03. The number of carbonyl (C=O) groups is 2. The van der Waals surface area contributed by atoms with E-state index in [9.17, 15) is 9.59 Å². The first-order valence-electron chi connectivity index (χ1n) is 7.82. The number of amides is 1. The van der Waals surface area contributed by atoms with Crippen LogP contribution in [0, 0.1) is 0 Å². The number of hydrogen-bond acceptors (Lipinski definition) is 5. The summed E-state index contributed by atoms with van der Waals surface area (Å²) in [6, 6.07) is 8.40. The van der Waals surface area contributed by atoms with Gasteiger partial charge in [0, 0.05) is 25.0 Å². The Morgan fingerprint density at radius 2 is 1.92 bits per heavy atom. The number of carboxylic acid groups (broad SMARTS) is 1. The van der Waals surface area contributed by atoms with Gasteiger partial charge in [0.1, 0.15) is 5.69 Å². The number of nitrogens with zero attached hydrogens (tertiary/aromatic N) is 3. The van der Waals surface area contributed by atoms with Crippen LogP contribution in [0.25, 0.3) is 0 Å². The smallest absolute Gasteiger partial charge is 0.307 e. The van der Waals surface area contributed by atoms with Crippen molar-refractivity contribution in [2.24, 2.45) is 0 Å². The molecule has 1 aliphatic rings. The summed E-state index contributed by atoms with van der Waals surface area (Å²) in [5.41, 5.74) is 1.29. The van der Waals surface area contributed by atoms with Gasteiger partial charge in [-0.3, -0.25) is 9.59 Å². The average molecular weight is 326 g/mol. The van der Waals surface area contributed by atoms with Crippen molar-refractivity contribution in [3.63, 3.8) is 0 Å². The minimum atomic E-state index is -0.949. The lowest BCUT2D eigenvalue weighted by Gasteiger charge is -2.15. The molecule has 0 spiro atoms. The second-order valence-electron chi connectivity index (χ2n) is 5.62. The fourth-order valence-corrected chi connectivity index (χ4v) is 2.69. The minimum absolute atomic E-state index is 0.154. The van der Waals surface area contributed by atoms with Gasteiger partial charge >= 0.3 is 5.97 Å². The van der Waals surface area contributed by atoms with Crippen LogP contribution in [-0.4, -0.2) is 40.0 Å². The van der Waals surface area contributed by atoms with Crippen molar-refractivity contribution < 1.29 is 14.7 Å². The number of anilines is 2. The maximum atomic E-state index is 12.5. The van der Waals surface area contributed by atoms with Gasteiger partial charge in [-0.1, -0.05) is 18.2 Å². The third-order valence-electron chi connectivity index (χ3n) is 3.87. The fraction of sp³-hybridized carbons (Fsp3) is 0.294. The Balaban J connectivity index is 1.78. The molecule has 2 N–H and O–H groups in total. The summed E-state index contributed by atoms with van der Waals surface area (Å²) in [5.74, 6) is -0.773. The molecule has 0 radical (unpaired) electrons. The van der Waals surface area contributed by atoms with E-state index in [2.05, 4.69) is 20.2 Å². The molecule has 1 aromatic heterocycles. The number of aromatic nitrogens is 2. The zero-order valence-corrected chi connectivity index (χ0v) is 13.1. The van der Waals surface area contributed by atoms with Gasteiger partial charge in [0.25, 0.3) is 5.91 Å². The maximum Gasteiger partial charge on any atom is 0.307 e. The topological polar surface area (TPSA) is 95.4 Å². The van der Waals surface area contributed by atoms with E-state index in [0.29, 0.717) is 17.2 Å². The van der Waals surface area contributed by atoms with E-state index in [-0.39, 0.29) is 18.0 Å². The van der Waals surface area contributed by atoms with Crippen molar-refractivity contribution >= 4 is 23.5 Å². The van der Waals surface area contributed by atoms with Crippen LogP contribution in [0.3, 0.4) is 0 Å². The van der Waals surface area contributed by atoms with Gasteiger partial charge < -0.3 is 15.3 Å². The highest BCUT2D eigenvalue weighted by atomic mass is 16.4. The molecule has 7 heteroatoms. The Labute approximate surface area is 139 Å². The highest BCUT2D eigenvalue weighted by Gasteiger charge is 2.17. The van der Waals surface area contributed by atoms with E-state index in [4.69, 9.17) is 5.11 Å². The third kappa shape index (κ3) is 3.68. The Morgan fingerprint density at radius 1 is 1.17 bits per heavy atom. The lowest BCUT2D eigenvalue weighted by molar-refractivity contribution is -0.136. The van der Waals surface area contributed by atoms with E-state index < -0.39 is 5.97 Å². The Bertz CT molecular complexity index is 757. The van der Waals surface area contributed by atoms with Crippen LogP contribution in [0.4, 0.5) is 11.6 Å². The Kier molecular flexibility index (Phi) is 4.69. The zero-order valence-electron chi connectivity index (χ0n) is 13.1. The first kappa shape index (κ1) is 15.9. The van der Waals surface area contributed by atoms with Crippen LogP contribution in [-0.2, 0) is 11.2 Å². The molecule has 1 aromatic carbocycles. The van der Waals surface area contributed by atoms with Crippen molar-refractivity contribution in [2.75, 3.05) is 23.3 Å². The quantitative estimate of drug-likeness (QED) is 0.872. The molecule has 24 heavy (non-hydrogen) atoms. The molecule has 1 aliphatic heterocycles. The minimum Gasteiger partial charge on any atom is -0.481 e. The predicted octanol–water partition coefficient (Wildman–Crippen LogP) is 1.96. The van der Waals surface area contributed by atoms with Crippen molar-refractivity contribution in [2.45, 2.75) is 19.3 Å². The molecule has 0 bridgehead atoms. The molecule has 3 rings (SSSR count). The third-order valence-corrected chi connectivity index (χ3v) is 3.87.